The number of pyridine rings is 1. The van der Waals surface area contributed by atoms with E-state index in [-0.39, 0.29) is 11.2 Å². The Balaban J connectivity index is 3.09. The van der Waals surface area contributed by atoms with E-state index in [4.69, 9.17) is 9.47 Å². The largest absolute Gasteiger partial charge is 0.503 e. The minimum atomic E-state index is -0.355. The van der Waals surface area contributed by atoms with Crippen LogP contribution in [0.15, 0.2) is 23.5 Å². The van der Waals surface area contributed by atoms with Gasteiger partial charge in [0.1, 0.15) is 0 Å². The molecule has 1 aromatic heterocycles. The Morgan fingerprint density at radius 3 is 2.41 bits per heavy atom. The fraction of sp³-hybridized carbons (Fsp3) is 0.562. The molecule has 0 amide bonds. The van der Waals surface area contributed by atoms with E-state index < -0.39 is 0 Å². The lowest BCUT2D eigenvalue weighted by Gasteiger charge is -2.25. The number of aromatic nitrogens is 1. The Kier molecular flexibility index (Phi) is 7.87. The van der Waals surface area contributed by atoms with Gasteiger partial charge in [0.15, 0.2) is 5.75 Å². The first-order valence-corrected chi connectivity index (χ1v) is 7.28. The van der Waals surface area contributed by atoms with E-state index in [0.717, 1.165) is 5.69 Å². The summed E-state index contributed by atoms with van der Waals surface area (Å²) in [6.45, 7) is 9.09. The highest BCUT2D eigenvalue weighted by Gasteiger charge is 2.16. The van der Waals surface area contributed by atoms with Crippen LogP contribution in [-0.2, 0) is 22.6 Å². The maximum Gasteiger partial charge on any atom is 0.223 e. The van der Waals surface area contributed by atoms with Gasteiger partial charge < -0.3 is 19.1 Å². The normalized spacial score (nSPS) is 11.1. The van der Waals surface area contributed by atoms with Gasteiger partial charge in [0.2, 0.25) is 5.43 Å². The molecule has 1 N–H and O–H groups in total. The summed E-state index contributed by atoms with van der Waals surface area (Å²) in [6.07, 6.45) is 1.75. The maximum atomic E-state index is 11.9. The number of aryl methyl sites for hydroxylation is 1. The van der Waals surface area contributed by atoms with Crippen LogP contribution in [0.5, 0.6) is 5.75 Å². The van der Waals surface area contributed by atoms with Gasteiger partial charge in [-0.3, -0.25) is 9.69 Å². The molecule has 0 fully saturated rings. The van der Waals surface area contributed by atoms with Crippen molar-refractivity contribution in [2.45, 2.75) is 20.0 Å². The molecule has 22 heavy (non-hydrogen) atoms. The maximum absolute atomic E-state index is 11.9. The smallest absolute Gasteiger partial charge is 0.223 e. The number of nitrogens with zero attached hydrogens (tertiary/aromatic N) is 2. The summed E-state index contributed by atoms with van der Waals surface area (Å²) in [5, 5.41) is 10.2. The summed E-state index contributed by atoms with van der Waals surface area (Å²) in [5.41, 5.74) is 1.04. The monoisotopic (exact) mass is 310 g/mol. The van der Waals surface area contributed by atoms with Crippen LogP contribution < -0.4 is 5.43 Å². The molecular formula is C16H26N2O4. The van der Waals surface area contributed by atoms with E-state index in [0.29, 0.717) is 45.1 Å². The summed E-state index contributed by atoms with van der Waals surface area (Å²) in [6, 6.07) is 1.44. The second-order valence-electron chi connectivity index (χ2n) is 5.11. The van der Waals surface area contributed by atoms with E-state index in [9.17, 15) is 9.90 Å². The van der Waals surface area contributed by atoms with Gasteiger partial charge in [-0.15, -0.1) is 6.58 Å². The quantitative estimate of drug-likeness (QED) is 0.657. The van der Waals surface area contributed by atoms with E-state index in [1.54, 1.807) is 20.3 Å². The predicted octanol–water partition coefficient (Wildman–Crippen LogP) is 1.14. The molecule has 1 rings (SSSR count). The molecule has 0 aliphatic heterocycles. The standard InChI is InChI=1S/C16H26N2O4/c1-5-6-18-13(2)11-15(19)16(20)14(18)12-17(7-9-21-3)8-10-22-4/h5,11,20H,1,6-10,12H2,2-4H3. The Morgan fingerprint density at radius 1 is 1.32 bits per heavy atom. The van der Waals surface area contributed by atoms with Gasteiger partial charge in [-0.1, -0.05) is 6.08 Å². The van der Waals surface area contributed by atoms with Crippen LogP contribution >= 0.6 is 0 Å². The number of methoxy groups -OCH3 is 2. The average molecular weight is 310 g/mol. The van der Waals surface area contributed by atoms with Crippen molar-refractivity contribution < 1.29 is 14.6 Å². The van der Waals surface area contributed by atoms with Crippen molar-refractivity contribution in [3.05, 3.63) is 40.3 Å². The van der Waals surface area contributed by atoms with Crippen molar-refractivity contribution in [1.29, 1.82) is 0 Å². The highest BCUT2D eigenvalue weighted by Crippen LogP contribution is 2.17. The molecule has 1 heterocycles. The number of rotatable bonds is 10. The zero-order chi connectivity index (χ0) is 16.5. The SMILES string of the molecule is C=CCn1c(C)cc(=O)c(O)c1CN(CCOC)CCOC. The first kappa shape index (κ1) is 18.4. The molecule has 1 aromatic rings. The lowest BCUT2D eigenvalue weighted by atomic mass is 10.2. The fourth-order valence-corrected chi connectivity index (χ4v) is 2.28. The molecule has 0 spiro atoms. The van der Waals surface area contributed by atoms with Gasteiger partial charge in [-0.25, -0.2) is 0 Å². The molecule has 0 bridgehead atoms. The van der Waals surface area contributed by atoms with E-state index in [1.165, 1.54) is 6.07 Å². The molecule has 0 aliphatic carbocycles. The van der Waals surface area contributed by atoms with Crippen molar-refractivity contribution in [3.8, 4) is 5.75 Å². The van der Waals surface area contributed by atoms with Crippen molar-refractivity contribution in [1.82, 2.24) is 9.47 Å². The second kappa shape index (κ2) is 9.40. The summed E-state index contributed by atoms with van der Waals surface area (Å²) >= 11 is 0. The molecule has 0 aromatic carbocycles. The fourth-order valence-electron chi connectivity index (χ4n) is 2.28. The van der Waals surface area contributed by atoms with E-state index in [1.807, 2.05) is 11.5 Å². The second-order valence-corrected chi connectivity index (χ2v) is 5.11. The van der Waals surface area contributed by atoms with Gasteiger partial charge in [0.25, 0.3) is 0 Å². The lowest BCUT2D eigenvalue weighted by molar-refractivity contribution is 0.108. The van der Waals surface area contributed by atoms with Crippen molar-refractivity contribution in [2.24, 2.45) is 0 Å². The molecule has 0 radical (unpaired) electrons. The van der Waals surface area contributed by atoms with Gasteiger partial charge in [0.05, 0.1) is 18.9 Å². The van der Waals surface area contributed by atoms with Crippen molar-refractivity contribution >= 4 is 0 Å². The third-order valence-electron chi connectivity index (χ3n) is 3.51. The number of ether oxygens (including phenoxy) is 2. The highest BCUT2D eigenvalue weighted by molar-refractivity contribution is 5.30. The van der Waals surface area contributed by atoms with E-state index in [2.05, 4.69) is 11.5 Å². The van der Waals surface area contributed by atoms with Crippen molar-refractivity contribution in [2.75, 3.05) is 40.5 Å². The van der Waals surface area contributed by atoms with Gasteiger partial charge in [-0.05, 0) is 6.92 Å². The third kappa shape index (κ3) is 4.98. The summed E-state index contributed by atoms with van der Waals surface area (Å²) in [5.74, 6) is -0.202. The third-order valence-corrected chi connectivity index (χ3v) is 3.51. The van der Waals surface area contributed by atoms with Crippen LogP contribution in [-0.4, -0.2) is 55.1 Å². The summed E-state index contributed by atoms with van der Waals surface area (Å²) < 4.78 is 12.1. The number of hydrogen-bond donors (Lipinski definition) is 1. The minimum absolute atomic E-state index is 0.202. The Bertz CT molecular complexity index is 532. The predicted molar refractivity (Wildman–Crippen MR) is 86.3 cm³/mol. The van der Waals surface area contributed by atoms with Crippen LogP contribution in [0.4, 0.5) is 0 Å². The van der Waals surface area contributed by atoms with Crippen molar-refractivity contribution in [3.63, 3.8) is 0 Å². The summed E-state index contributed by atoms with van der Waals surface area (Å²) in [4.78, 5) is 14.0. The average Bonchev–Trinajstić information content (AvgIpc) is 2.50. The van der Waals surface area contributed by atoms with Gasteiger partial charge >= 0.3 is 0 Å². The minimum Gasteiger partial charge on any atom is -0.503 e. The topological polar surface area (TPSA) is 63.9 Å². The van der Waals surface area contributed by atoms with Crippen LogP contribution in [0.1, 0.15) is 11.4 Å². The Hall–Kier alpha value is -1.63. The number of aromatic hydroxyl groups is 1. The molecular weight excluding hydrogens is 284 g/mol. The molecule has 6 heteroatoms. The van der Waals surface area contributed by atoms with Crippen LogP contribution in [0, 0.1) is 6.92 Å². The molecule has 0 aliphatic rings. The van der Waals surface area contributed by atoms with Crippen LogP contribution in [0.25, 0.3) is 0 Å². The van der Waals surface area contributed by atoms with Crippen LogP contribution in [0.2, 0.25) is 0 Å². The zero-order valence-electron chi connectivity index (χ0n) is 13.7. The van der Waals surface area contributed by atoms with E-state index >= 15 is 0 Å². The molecule has 0 saturated heterocycles. The Morgan fingerprint density at radius 2 is 1.91 bits per heavy atom. The first-order chi connectivity index (χ1) is 10.5. The molecule has 0 atom stereocenters. The Labute approximate surface area is 131 Å². The zero-order valence-corrected chi connectivity index (χ0v) is 13.7. The van der Waals surface area contributed by atoms with Gasteiger partial charge in [-0.2, -0.15) is 0 Å². The lowest BCUT2D eigenvalue weighted by Crippen LogP contribution is -2.32. The molecule has 0 unspecified atom stereocenters. The molecule has 124 valence electrons. The highest BCUT2D eigenvalue weighted by atomic mass is 16.5. The molecule has 0 saturated carbocycles. The summed E-state index contributed by atoms with van der Waals surface area (Å²) in [7, 11) is 3.29. The van der Waals surface area contributed by atoms with Crippen LogP contribution in [0.3, 0.4) is 0 Å². The first-order valence-electron chi connectivity index (χ1n) is 7.28. The molecule has 6 nitrogen and oxygen atoms in total. The van der Waals surface area contributed by atoms with Gasteiger partial charge in [0, 0.05) is 52.2 Å². The number of hydrogen-bond acceptors (Lipinski definition) is 5. The number of allylic oxidation sites excluding steroid dienone is 1.